The van der Waals surface area contributed by atoms with Crippen LogP contribution in [0.15, 0.2) is 30.9 Å². The fraction of sp³-hybridized carbons (Fsp3) is 0.286. The topological polar surface area (TPSA) is 96.9 Å². The highest BCUT2D eigenvalue weighted by Crippen LogP contribution is 2.25. The lowest BCUT2D eigenvalue weighted by Crippen LogP contribution is -2.42. The van der Waals surface area contributed by atoms with Crippen molar-refractivity contribution in [1.82, 2.24) is 5.32 Å². The number of hydrogen-bond donors (Lipinski definition) is 3. The summed E-state index contributed by atoms with van der Waals surface area (Å²) in [5.41, 5.74) is 0.423. The number of nitrogens with one attached hydrogen (secondary N) is 2. The van der Waals surface area contributed by atoms with Gasteiger partial charge in [-0.15, -0.1) is 6.58 Å². The molecule has 114 valence electrons. The molecular weight excluding hydrogens is 276 g/mol. The smallest absolute Gasteiger partial charge is 0.326 e. The van der Waals surface area contributed by atoms with Gasteiger partial charge in [-0.2, -0.15) is 0 Å². The molecule has 21 heavy (non-hydrogen) atoms. The number of benzene rings is 1. The largest absolute Gasteiger partial charge is 0.497 e. The van der Waals surface area contributed by atoms with Crippen molar-refractivity contribution < 1.29 is 24.2 Å². The van der Waals surface area contributed by atoms with Crippen molar-refractivity contribution in [3.8, 4) is 11.5 Å². The average Bonchev–Trinajstić information content (AvgIpc) is 2.46. The molecule has 1 unspecified atom stereocenters. The monoisotopic (exact) mass is 294 g/mol. The second-order valence-corrected chi connectivity index (χ2v) is 4.12. The Morgan fingerprint density at radius 2 is 1.86 bits per heavy atom. The molecule has 1 aromatic rings. The standard InChI is InChI=1S/C14H18N2O5/c1-4-5-12(13(17)18)16-14(19)15-9-6-10(20-2)8-11(7-9)21-3/h4,6-8,12H,1,5H2,2-3H3,(H,17,18)(H2,15,16,19). The van der Waals surface area contributed by atoms with Crippen molar-refractivity contribution in [2.45, 2.75) is 12.5 Å². The molecule has 0 fully saturated rings. The summed E-state index contributed by atoms with van der Waals surface area (Å²) in [5.74, 6) is -0.121. The van der Waals surface area contributed by atoms with Crippen molar-refractivity contribution in [3.05, 3.63) is 30.9 Å². The van der Waals surface area contributed by atoms with E-state index in [1.165, 1.54) is 20.3 Å². The Morgan fingerprint density at radius 1 is 1.29 bits per heavy atom. The summed E-state index contributed by atoms with van der Waals surface area (Å²) in [4.78, 5) is 22.7. The number of carboxylic acid groups (broad SMARTS) is 1. The van der Waals surface area contributed by atoms with Gasteiger partial charge in [0.15, 0.2) is 0 Å². The molecule has 1 aromatic carbocycles. The van der Waals surface area contributed by atoms with Gasteiger partial charge in [0.1, 0.15) is 17.5 Å². The molecule has 0 radical (unpaired) electrons. The minimum Gasteiger partial charge on any atom is -0.497 e. The van der Waals surface area contributed by atoms with Crippen LogP contribution in [-0.4, -0.2) is 37.4 Å². The zero-order valence-corrected chi connectivity index (χ0v) is 11.9. The first-order valence-corrected chi connectivity index (χ1v) is 6.14. The van der Waals surface area contributed by atoms with Gasteiger partial charge in [-0.25, -0.2) is 9.59 Å². The van der Waals surface area contributed by atoms with E-state index < -0.39 is 18.0 Å². The maximum Gasteiger partial charge on any atom is 0.326 e. The molecule has 7 nitrogen and oxygen atoms in total. The van der Waals surface area contributed by atoms with E-state index in [-0.39, 0.29) is 6.42 Å². The number of aliphatic carboxylic acids is 1. The summed E-state index contributed by atoms with van der Waals surface area (Å²) in [6.07, 6.45) is 1.55. The van der Waals surface area contributed by atoms with Crippen LogP contribution in [-0.2, 0) is 4.79 Å². The minimum atomic E-state index is -1.13. The van der Waals surface area contributed by atoms with Crippen LogP contribution in [0.3, 0.4) is 0 Å². The third-order valence-corrected chi connectivity index (χ3v) is 2.62. The maximum absolute atomic E-state index is 11.8. The summed E-state index contributed by atoms with van der Waals surface area (Å²) in [7, 11) is 2.98. The molecule has 0 spiro atoms. The van der Waals surface area contributed by atoms with Crippen LogP contribution in [0.1, 0.15) is 6.42 Å². The first kappa shape index (κ1) is 16.4. The van der Waals surface area contributed by atoms with E-state index in [9.17, 15) is 9.59 Å². The van der Waals surface area contributed by atoms with Crippen LogP contribution in [0.4, 0.5) is 10.5 Å². The van der Waals surface area contributed by atoms with Crippen molar-refractivity contribution in [2.75, 3.05) is 19.5 Å². The second kappa shape index (κ2) is 7.78. The van der Waals surface area contributed by atoms with Crippen LogP contribution in [0.25, 0.3) is 0 Å². The number of rotatable bonds is 7. The Kier molecular flexibility index (Phi) is 6.06. The fourth-order valence-corrected chi connectivity index (χ4v) is 1.59. The summed E-state index contributed by atoms with van der Waals surface area (Å²) in [5, 5.41) is 13.8. The first-order chi connectivity index (χ1) is 9.99. The highest BCUT2D eigenvalue weighted by molar-refractivity contribution is 5.92. The zero-order valence-electron chi connectivity index (χ0n) is 11.9. The van der Waals surface area contributed by atoms with Gasteiger partial charge in [0, 0.05) is 23.9 Å². The fourth-order valence-electron chi connectivity index (χ4n) is 1.59. The van der Waals surface area contributed by atoms with Crippen LogP contribution in [0, 0.1) is 0 Å². The lowest BCUT2D eigenvalue weighted by Gasteiger charge is -2.14. The van der Waals surface area contributed by atoms with Crippen LogP contribution >= 0.6 is 0 Å². The number of anilines is 1. The summed E-state index contributed by atoms with van der Waals surface area (Å²) in [6, 6.07) is 3.16. The highest BCUT2D eigenvalue weighted by atomic mass is 16.5. The molecule has 1 atom stereocenters. The molecular formula is C14H18N2O5. The molecule has 0 saturated heterocycles. The van der Waals surface area contributed by atoms with Gasteiger partial charge in [0.25, 0.3) is 0 Å². The minimum absolute atomic E-state index is 0.129. The number of carboxylic acids is 1. The summed E-state index contributed by atoms with van der Waals surface area (Å²) >= 11 is 0. The van der Waals surface area contributed by atoms with E-state index in [4.69, 9.17) is 14.6 Å². The van der Waals surface area contributed by atoms with Gasteiger partial charge in [-0.05, 0) is 6.42 Å². The van der Waals surface area contributed by atoms with E-state index in [0.29, 0.717) is 17.2 Å². The van der Waals surface area contributed by atoms with E-state index >= 15 is 0 Å². The molecule has 0 heterocycles. The molecule has 3 N–H and O–H groups in total. The Balaban J connectivity index is 2.77. The van der Waals surface area contributed by atoms with Gasteiger partial charge in [0.2, 0.25) is 0 Å². The Morgan fingerprint density at radius 3 is 2.29 bits per heavy atom. The van der Waals surface area contributed by atoms with Crippen molar-refractivity contribution in [3.63, 3.8) is 0 Å². The third-order valence-electron chi connectivity index (χ3n) is 2.62. The van der Waals surface area contributed by atoms with Gasteiger partial charge in [-0.3, -0.25) is 0 Å². The molecule has 7 heteroatoms. The van der Waals surface area contributed by atoms with E-state index in [2.05, 4.69) is 17.2 Å². The van der Waals surface area contributed by atoms with Crippen molar-refractivity contribution in [2.24, 2.45) is 0 Å². The molecule has 0 aliphatic rings. The first-order valence-electron chi connectivity index (χ1n) is 6.14. The van der Waals surface area contributed by atoms with Crippen LogP contribution in [0.2, 0.25) is 0 Å². The van der Waals surface area contributed by atoms with Crippen molar-refractivity contribution >= 4 is 17.7 Å². The number of amides is 2. The molecule has 1 rings (SSSR count). The van der Waals surface area contributed by atoms with Crippen LogP contribution in [0.5, 0.6) is 11.5 Å². The lowest BCUT2D eigenvalue weighted by atomic mass is 10.2. The molecule has 0 aliphatic carbocycles. The lowest BCUT2D eigenvalue weighted by molar-refractivity contribution is -0.139. The molecule has 2 amide bonds. The number of carbonyl (C=O) groups is 2. The van der Waals surface area contributed by atoms with Crippen LogP contribution < -0.4 is 20.1 Å². The molecule has 0 bridgehead atoms. The van der Waals surface area contributed by atoms with E-state index in [1.807, 2.05) is 0 Å². The predicted octanol–water partition coefficient (Wildman–Crippen LogP) is 1.85. The average molecular weight is 294 g/mol. The van der Waals surface area contributed by atoms with Gasteiger partial charge >= 0.3 is 12.0 Å². The Hall–Kier alpha value is -2.70. The van der Waals surface area contributed by atoms with E-state index in [1.54, 1.807) is 18.2 Å². The van der Waals surface area contributed by atoms with Gasteiger partial charge < -0.3 is 25.2 Å². The zero-order chi connectivity index (χ0) is 15.8. The Bertz CT molecular complexity index is 508. The van der Waals surface area contributed by atoms with Crippen molar-refractivity contribution in [1.29, 1.82) is 0 Å². The normalized spacial score (nSPS) is 11.1. The van der Waals surface area contributed by atoms with E-state index in [0.717, 1.165) is 0 Å². The number of carbonyl (C=O) groups excluding carboxylic acids is 1. The number of methoxy groups -OCH3 is 2. The number of ether oxygens (including phenoxy) is 2. The predicted molar refractivity (Wildman–Crippen MR) is 77.9 cm³/mol. The molecule has 0 aromatic heterocycles. The number of urea groups is 1. The van der Waals surface area contributed by atoms with Gasteiger partial charge in [0.05, 0.1) is 14.2 Å². The maximum atomic E-state index is 11.8. The quantitative estimate of drug-likeness (QED) is 0.667. The summed E-state index contributed by atoms with van der Waals surface area (Å²) < 4.78 is 10.2. The highest BCUT2D eigenvalue weighted by Gasteiger charge is 2.18. The molecule has 0 saturated carbocycles. The molecule has 0 aliphatic heterocycles. The third kappa shape index (κ3) is 5.06. The number of hydrogen-bond acceptors (Lipinski definition) is 4. The summed E-state index contributed by atoms with van der Waals surface area (Å²) in [6.45, 7) is 3.45. The SMILES string of the molecule is C=CCC(NC(=O)Nc1cc(OC)cc(OC)c1)C(=O)O. The van der Waals surface area contributed by atoms with Gasteiger partial charge in [-0.1, -0.05) is 6.08 Å². The Labute approximate surface area is 122 Å². The second-order valence-electron chi connectivity index (χ2n) is 4.12.